The molecule has 2 rings (SSSR count). The van der Waals surface area contributed by atoms with Gasteiger partial charge in [0.15, 0.2) is 5.13 Å². The van der Waals surface area contributed by atoms with Crippen LogP contribution < -0.4 is 4.90 Å². The zero-order chi connectivity index (χ0) is 9.26. The highest BCUT2D eigenvalue weighted by Gasteiger charge is 2.23. The summed E-state index contributed by atoms with van der Waals surface area (Å²) in [5, 5.41) is 3.23. The molecule has 0 spiro atoms. The lowest BCUT2D eigenvalue weighted by Crippen LogP contribution is -2.21. The lowest BCUT2D eigenvalue weighted by Gasteiger charge is -2.13. The predicted octanol–water partition coefficient (Wildman–Crippen LogP) is 1.68. The Hall–Kier alpha value is -0.610. The van der Waals surface area contributed by atoms with E-state index in [-0.39, 0.29) is 0 Å². The Morgan fingerprint density at radius 2 is 2.54 bits per heavy atom. The van der Waals surface area contributed by atoms with Crippen LogP contribution in [0.5, 0.6) is 0 Å². The highest BCUT2D eigenvalue weighted by atomic mass is 32.1. The van der Waals surface area contributed by atoms with Crippen molar-refractivity contribution < 1.29 is 4.74 Å². The third kappa shape index (κ3) is 1.84. The van der Waals surface area contributed by atoms with E-state index in [9.17, 15) is 0 Å². The molecule has 0 bridgehead atoms. The number of anilines is 1. The lowest BCUT2D eigenvalue weighted by molar-refractivity contribution is 0.121. The van der Waals surface area contributed by atoms with E-state index in [1.165, 1.54) is 0 Å². The van der Waals surface area contributed by atoms with E-state index in [0.29, 0.717) is 6.10 Å². The van der Waals surface area contributed by atoms with Crippen molar-refractivity contribution in [3.63, 3.8) is 0 Å². The SMILES string of the molecule is CO[C@H]1CCN(c2nc(C)cs2)C1. The van der Waals surface area contributed by atoms with Crippen LogP contribution in [0, 0.1) is 6.92 Å². The fourth-order valence-electron chi connectivity index (χ4n) is 1.58. The highest BCUT2D eigenvalue weighted by Crippen LogP contribution is 2.24. The van der Waals surface area contributed by atoms with E-state index < -0.39 is 0 Å². The second-order valence-electron chi connectivity index (χ2n) is 3.36. The van der Waals surface area contributed by atoms with Gasteiger partial charge in [-0.25, -0.2) is 4.98 Å². The number of methoxy groups -OCH3 is 1. The van der Waals surface area contributed by atoms with Gasteiger partial charge in [0.2, 0.25) is 0 Å². The highest BCUT2D eigenvalue weighted by molar-refractivity contribution is 7.13. The summed E-state index contributed by atoms with van der Waals surface area (Å²) in [7, 11) is 1.78. The smallest absolute Gasteiger partial charge is 0.185 e. The second kappa shape index (κ2) is 3.64. The number of aromatic nitrogens is 1. The number of ether oxygens (including phenoxy) is 1. The van der Waals surface area contributed by atoms with Crippen LogP contribution in [-0.4, -0.2) is 31.3 Å². The number of nitrogens with zero attached hydrogens (tertiary/aromatic N) is 2. The molecule has 0 N–H and O–H groups in total. The molecule has 2 heterocycles. The lowest BCUT2D eigenvalue weighted by atomic mass is 10.3. The van der Waals surface area contributed by atoms with Gasteiger partial charge in [-0.15, -0.1) is 11.3 Å². The third-order valence-electron chi connectivity index (χ3n) is 2.36. The van der Waals surface area contributed by atoms with Crippen molar-refractivity contribution in [2.75, 3.05) is 25.1 Å². The molecule has 0 aliphatic carbocycles. The van der Waals surface area contributed by atoms with Gasteiger partial charge in [-0.3, -0.25) is 0 Å². The van der Waals surface area contributed by atoms with Crippen LogP contribution in [0.15, 0.2) is 5.38 Å². The summed E-state index contributed by atoms with van der Waals surface area (Å²) in [6, 6.07) is 0. The fourth-order valence-corrected chi connectivity index (χ4v) is 2.42. The molecule has 1 aliphatic rings. The van der Waals surface area contributed by atoms with E-state index in [2.05, 4.69) is 15.3 Å². The van der Waals surface area contributed by atoms with Crippen molar-refractivity contribution in [1.29, 1.82) is 0 Å². The topological polar surface area (TPSA) is 25.4 Å². The van der Waals surface area contributed by atoms with Crippen molar-refractivity contribution in [2.24, 2.45) is 0 Å². The maximum Gasteiger partial charge on any atom is 0.185 e. The first-order valence-electron chi connectivity index (χ1n) is 4.49. The normalized spacial score (nSPS) is 22.6. The molecule has 0 saturated carbocycles. The molecule has 0 aromatic carbocycles. The van der Waals surface area contributed by atoms with Crippen LogP contribution in [0.2, 0.25) is 0 Å². The average Bonchev–Trinajstić information content (AvgIpc) is 2.71. The second-order valence-corrected chi connectivity index (χ2v) is 4.20. The van der Waals surface area contributed by atoms with Crippen LogP contribution in [0.1, 0.15) is 12.1 Å². The quantitative estimate of drug-likeness (QED) is 0.723. The number of hydrogen-bond acceptors (Lipinski definition) is 4. The van der Waals surface area contributed by atoms with E-state index in [4.69, 9.17) is 4.74 Å². The molecule has 0 unspecified atom stereocenters. The van der Waals surface area contributed by atoms with Crippen LogP contribution >= 0.6 is 11.3 Å². The number of hydrogen-bond donors (Lipinski definition) is 0. The van der Waals surface area contributed by atoms with Crippen molar-refractivity contribution >= 4 is 16.5 Å². The van der Waals surface area contributed by atoms with Crippen molar-refractivity contribution in [3.05, 3.63) is 11.1 Å². The molecule has 1 aliphatic heterocycles. The van der Waals surface area contributed by atoms with Gasteiger partial charge >= 0.3 is 0 Å². The monoisotopic (exact) mass is 198 g/mol. The fraction of sp³-hybridized carbons (Fsp3) is 0.667. The minimum atomic E-state index is 0.393. The van der Waals surface area contributed by atoms with E-state index >= 15 is 0 Å². The molecule has 0 amide bonds. The van der Waals surface area contributed by atoms with Gasteiger partial charge in [0.25, 0.3) is 0 Å². The number of thiazole rings is 1. The third-order valence-corrected chi connectivity index (χ3v) is 3.38. The summed E-state index contributed by atoms with van der Waals surface area (Å²) in [5.41, 5.74) is 1.11. The average molecular weight is 198 g/mol. The molecule has 1 atom stereocenters. The molecule has 3 nitrogen and oxygen atoms in total. The Balaban J connectivity index is 2.03. The van der Waals surface area contributed by atoms with E-state index in [0.717, 1.165) is 30.3 Å². The Labute approximate surface area is 82.3 Å². The zero-order valence-electron chi connectivity index (χ0n) is 7.99. The van der Waals surface area contributed by atoms with Gasteiger partial charge < -0.3 is 9.64 Å². The summed E-state index contributed by atoms with van der Waals surface area (Å²) in [6.07, 6.45) is 1.51. The maximum absolute atomic E-state index is 5.30. The maximum atomic E-state index is 5.30. The van der Waals surface area contributed by atoms with E-state index in [1.807, 2.05) is 6.92 Å². The Kier molecular flexibility index (Phi) is 2.51. The van der Waals surface area contributed by atoms with Crippen molar-refractivity contribution in [2.45, 2.75) is 19.4 Å². The summed E-state index contributed by atoms with van der Waals surface area (Å²) in [4.78, 5) is 6.75. The molecule has 1 fully saturated rings. The van der Waals surface area contributed by atoms with Gasteiger partial charge in [0, 0.05) is 25.6 Å². The van der Waals surface area contributed by atoms with Crippen molar-refractivity contribution in [3.8, 4) is 0 Å². The van der Waals surface area contributed by atoms with Gasteiger partial charge in [-0.1, -0.05) is 0 Å². The molecule has 1 saturated heterocycles. The molecular weight excluding hydrogens is 184 g/mol. The Morgan fingerprint density at radius 1 is 1.69 bits per heavy atom. The Bertz CT molecular complexity index is 287. The molecular formula is C9H14N2OS. The van der Waals surface area contributed by atoms with Gasteiger partial charge in [0.05, 0.1) is 11.8 Å². The minimum Gasteiger partial charge on any atom is -0.380 e. The summed E-state index contributed by atoms with van der Waals surface area (Å²) < 4.78 is 5.30. The number of aryl methyl sites for hydroxylation is 1. The van der Waals surface area contributed by atoms with Gasteiger partial charge in [-0.2, -0.15) is 0 Å². The van der Waals surface area contributed by atoms with Crippen LogP contribution in [0.3, 0.4) is 0 Å². The number of rotatable bonds is 2. The Morgan fingerprint density at radius 3 is 3.08 bits per heavy atom. The van der Waals surface area contributed by atoms with Crippen LogP contribution in [0.25, 0.3) is 0 Å². The van der Waals surface area contributed by atoms with Gasteiger partial charge in [-0.05, 0) is 13.3 Å². The molecule has 4 heteroatoms. The molecule has 0 radical (unpaired) electrons. The van der Waals surface area contributed by atoms with Crippen LogP contribution in [0.4, 0.5) is 5.13 Å². The summed E-state index contributed by atoms with van der Waals surface area (Å²) in [5.74, 6) is 0. The minimum absolute atomic E-state index is 0.393. The van der Waals surface area contributed by atoms with Gasteiger partial charge in [0.1, 0.15) is 0 Å². The molecule has 72 valence electrons. The first-order chi connectivity index (χ1) is 6.29. The predicted molar refractivity (Wildman–Crippen MR) is 54.5 cm³/mol. The standard InChI is InChI=1S/C9H14N2OS/c1-7-6-13-9(10-7)11-4-3-8(5-11)12-2/h6,8H,3-5H2,1-2H3/t8-/m0/s1. The zero-order valence-corrected chi connectivity index (χ0v) is 8.80. The van der Waals surface area contributed by atoms with Crippen LogP contribution in [-0.2, 0) is 4.74 Å². The molecule has 13 heavy (non-hydrogen) atoms. The summed E-state index contributed by atoms with van der Waals surface area (Å²) >= 11 is 1.72. The first-order valence-corrected chi connectivity index (χ1v) is 5.37. The molecule has 1 aromatic heterocycles. The summed E-state index contributed by atoms with van der Waals surface area (Å²) in [6.45, 7) is 4.10. The first kappa shape index (κ1) is 8.97. The largest absolute Gasteiger partial charge is 0.380 e. The van der Waals surface area contributed by atoms with E-state index in [1.54, 1.807) is 18.4 Å². The molecule has 1 aromatic rings. The van der Waals surface area contributed by atoms with Crippen molar-refractivity contribution in [1.82, 2.24) is 4.98 Å².